The third-order valence-electron chi connectivity index (χ3n) is 4.99. The van der Waals surface area contributed by atoms with Crippen molar-refractivity contribution in [2.45, 2.75) is 33.7 Å². The topological polar surface area (TPSA) is 41.6 Å². The molecule has 1 aliphatic heterocycles. The lowest BCUT2D eigenvalue weighted by Crippen LogP contribution is -2.31. The minimum Gasteiger partial charge on any atom is -0.493 e. The molecule has 1 amide bonds. The van der Waals surface area contributed by atoms with Crippen molar-refractivity contribution in [2.75, 3.05) is 36.5 Å². The Hall–Kier alpha value is -1.98. The molecule has 150 valence electrons. The average Bonchev–Trinajstić information content (AvgIpc) is 2.66. The van der Waals surface area contributed by atoms with E-state index in [0.29, 0.717) is 13.0 Å². The molecule has 0 atom stereocenters. The number of thioether (sulfide) groups is 1. The van der Waals surface area contributed by atoms with Crippen molar-refractivity contribution < 1.29 is 9.53 Å². The summed E-state index contributed by atoms with van der Waals surface area (Å²) in [6, 6.07) is 12.4. The third-order valence-corrected chi connectivity index (χ3v) is 5.93. The van der Waals surface area contributed by atoms with Crippen LogP contribution in [0.25, 0.3) is 0 Å². The predicted molar refractivity (Wildman–Crippen MR) is 118 cm³/mol. The summed E-state index contributed by atoms with van der Waals surface area (Å²) in [5, 5.41) is 3.02. The van der Waals surface area contributed by atoms with E-state index >= 15 is 0 Å². The van der Waals surface area contributed by atoms with Gasteiger partial charge in [-0.15, -0.1) is 0 Å². The zero-order valence-electron chi connectivity index (χ0n) is 17.1. The maximum Gasteiger partial charge on any atom is 0.227 e. The van der Waals surface area contributed by atoms with Crippen LogP contribution in [0.1, 0.15) is 28.7 Å². The van der Waals surface area contributed by atoms with Gasteiger partial charge < -0.3 is 10.1 Å². The number of aryl methyl sites for hydroxylation is 3. The Morgan fingerprint density at radius 2 is 1.86 bits per heavy atom. The van der Waals surface area contributed by atoms with Gasteiger partial charge >= 0.3 is 0 Å². The maximum absolute atomic E-state index is 12.3. The number of nitrogens with one attached hydrogen (secondary N) is 1. The maximum atomic E-state index is 12.3. The van der Waals surface area contributed by atoms with E-state index in [9.17, 15) is 4.79 Å². The third kappa shape index (κ3) is 6.01. The average molecular weight is 399 g/mol. The summed E-state index contributed by atoms with van der Waals surface area (Å²) in [7, 11) is 0. The van der Waals surface area contributed by atoms with Crippen LogP contribution in [0.5, 0.6) is 5.75 Å². The first-order valence-electron chi connectivity index (χ1n) is 9.91. The largest absolute Gasteiger partial charge is 0.493 e. The van der Waals surface area contributed by atoms with Crippen molar-refractivity contribution in [1.29, 1.82) is 0 Å². The SMILES string of the molecule is Cc1ccc(OCCC(=O)Nc2ccc(CN3CCSCC3)cc2C)c(C)c1. The lowest BCUT2D eigenvalue weighted by Gasteiger charge is -2.26. The molecule has 0 aromatic heterocycles. The fourth-order valence-electron chi connectivity index (χ4n) is 3.41. The lowest BCUT2D eigenvalue weighted by molar-refractivity contribution is -0.116. The Labute approximate surface area is 172 Å². The number of benzene rings is 2. The normalized spacial score (nSPS) is 14.7. The highest BCUT2D eigenvalue weighted by atomic mass is 32.2. The van der Waals surface area contributed by atoms with Gasteiger partial charge in [-0.25, -0.2) is 0 Å². The monoisotopic (exact) mass is 398 g/mol. The van der Waals surface area contributed by atoms with Crippen molar-refractivity contribution in [2.24, 2.45) is 0 Å². The Morgan fingerprint density at radius 1 is 1.07 bits per heavy atom. The summed E-state index contributed by atoms with van der Waals surface area (Å²) in [5.41, 5.74) is 5.60. The van der Waals surface area contributed by atoms with E-state index < -0.39 is 0 Å². The van der Waals surface area contributed by atoms with Gasteiger partial charge in [0.15, 0.2) is 0 Å². The van der Waals surface area contributed by atoms with Gasteiger partial charge in [-0.05, 0) is 49.6 Å². The number of ether oxygens (including phenoxy) is 1. The molecule has 1 heterocycles. The molecular formula is C23H30N2O2S. The molecular weight excluding hydrogens is 368 g/mol. The summed E-state index contributed by atoms with van der Waals surface area (Å²) in [4.78, 5) is 14.8. The fraction of sp³-hybridized carbons (Fsp3) is 0.435. The number of carbonyl (C=O) groups is 1. The molecule has 1 fully saturated rings. The standard InChI is InChI=1S/C23H30N2O2S/c1-17-4-7-22(19(3)14-17)27-11-8-23(26)24-21-6-5-20(15-18(21)2)16-25-9-12-28-13-10-25/h4-7,14-15H,8-13,16H2,1-3H3,(H,24,26). The van der Waals surface area contributed by atoms with Gasteiger partial charge in [-0.3, -0.25) is 9.69 Å². The van der Waals surface area contributed by atoms with Crippen LogP contribution in [0, 0.1) is 20.8 Å². The fourth-order valence-corrected chi connectivity index (χ4v) is 4.39. The molecule has 0 spiro atoms. The smallest absolute Gasteiger partial charge is 0.227 e. The van der Waals surface area contributed by atoms with Gasteiger partial charge in [-0.1, -0.05) is 29.8 Å². The highest BCUT2D eigenvalue weighted by molar-refractivity contribution is 7.99. The van der Waals surface area contributed by atoms with E-state index in [-0.39, 0.29) is 5.91 Å². The van der Waals surface area contributed by atoms with E-state index in [0.717, 1.165) is 42.2 Å². The number of amides is 1. The minimum atomic E-state index is -0.0197. The van der Waals surface area contributed by atoms with Gasteiger partial charge in [0, 0.05) is 36.8 Å². The van der Waals surface area contributed by atoms with Crippen molar-refractivity contribution in [3.05, 3.63) is 58.7 Å². The molecule has 1 aliphatic rings. The molecule has 0 unspecified atom stereocenters. The molecule has 3 rings (SSSR count). The molecule has 4 nitrogen and oxygen atoms in total. The van der Waals surface area contributed by atoms with E-state index in [1.807, 2.05) is 36.9 Å². The number of anilines is 1. The zero-order valence-corrected chi connectivity index (χ0v) is 17.9. The van der Waals surface area contributed by atoms with Crippen LogP contribution < -0.4 is 10.1 Å². The van der Waals surface area contributed by atoms with Crippen LogP contribution in [0.15, 0.2) is 36.4 Å². The highest BCUT2D eigenvalue weighted by Crippen LogP contribution is 2.21. The molecule has 1 saturated heterocycles. The van der Waals surface area contributed by atoms with Crippen LogP contribution in [0.3, 0.4) is 0 Å². The second kappa shape index (κ2) is 9.99. The van der Waals surface area contributed by atoms with Crippen molar-refractivity contribution in [3.63, 3.8) is 0 Å². The second-order valence-corrected chi connectivity index (χ2v) is 8.68. The van der Waals surface area contributed by atoms with Crippen LogP contribution in [0.2, 0.25) is 0 Å². The van der Waals surface area contributed by atoms with Crippen molar-refractivity contribution >= 4 is 23.4 Å². The number of carbonyl (C=O) groups excluding carboxylic acids is 1. The summed E-state index contributed by atoms with van der Waals surface area (Å²) in [5.74, 6) is 3.26. The minimum absolute atomic E-state index is 0.0197. The quantitative estimate of drug-likeness (QED) is 0.742. The summed E-state index contributed by atoms with van der Waals surface area (Å²) in [6.45, 7) is 9.81. The van der Waals surface area contributed by atoms with Crippen LogP contribution >= 0.6 is 11.8 Å². The van der Waals surface area contributed by atoms with Gasteiger partial charge in [0.2, 0.25) is 5.91 Å². The molecule has 2 aromatic carbocycles. The zero-order chi connectivity index (χ0) is 19.9. The van der Waals surface area contributed by atoms with E-state index in [1.165, 1.54) is 22.6 Å². The molecule has 1 N–H and O–H groups in total. The first kappa shape index (κ1) is 20.7. The number of nitrogens with zero attached hydrogens (tertiary/aromatic N) is 1. The molecule has 5 heteroatoms. The number of hydrogen-bond acceptors (Lipinski definition) is 4. The second-order valence-electron chi connectivity index (χ2n) is 7.45. The van der Waals surface area contributed by atoms with E-state index in [2.05, 4.69) is 42.3 Å². The number of hydrogen-bond donors (Lipinski definition) is 1. The Balaban J connectivity index is 1.48. The molecule has 0 bridgehead atoms. The molecule has 2 aromatic rings. The summed E-state index contributed by atoms with van der Waals surface area (Å²) < 4.78 is 5.77. The predicted octanol–water partition coefficient (Wildman–Crippen LogP) is 4.57. The summed E-state index contributed by atoms with van der Waals surface area (Å²) in [6.07, 6.45) is 0.333. The number of rotatable bonds is 7. The van der Waals surface area contributed by atoms with Crippen molar-refractivity contribution in [1.82, 2.24) is 4.90 Å². The van der Waals surface area contributed by atoms with Gasteiger partial charge in [0.05, 0.1) is 13.0 Å². The van der Waals surface area contributed by atoms with Crippen molar-refractivity contribution in [3.8, 4) is 5.75 Å². The Bertz CT molecular complexity index is 816. The summed E-state index contributed by atoms with van der Waals surface area (Å²) >= 11 is 2.03. The Kier molecular flexibility index (Phi) is 7.40. The van der Waals surface area contributed by atoms with Gasteiger partial charge in [-0.2, -0.15) is 11.8 Å². The van der Waals surface area contributed by atoms with E-state index in [4.69, 9.17) is 4.74 Å². The first-order valence-corrected chi connectivity index (χ1v) is 11.1. The van der Waals surface area contributed by atoms with Crippen LogP contribution in [-0.4, -0.2) is 42.0 Å². The molecule has 28 heavy (non-hydrogen) atoms. The first-order chi connectivity index (χ1) is 13.5. The Morgan fingerprint density at radius 3 is 2.57 bits per heavy atom. The van der Waals surface area contributed by atoms with Gasteiger partial charge in [0.1, 0.15) is 5.75 Å². The lowest BCUT2D eigenvalue weighted by atomic mass is 10.1. The van der Waals surface area contributed by atoms with Gasteiger partial charge in [0.25, 0.3) is 0 Å². The highest BCUT2D eigenvalue weighted by Gasteiger charge is 2.12. The van der Waals surface area contributed by atoms with Crippen LogP contribution in [0.4, 0.5) is 5.69 Å². The molecule has 0 aliphatic carbocycles. The molecule has 0 radical (unpaired) electrons. The van der Waals surface area contributed by atoms with Crippen LogP contribution in [-0.2, 0) is 11.3 Å². The van der Waals surface area contributed by atoms with E-state index in [1.54, 1.807) is 0 Å². The molecule has 0 saturated carbocycles.